The number of ether oxygens (including phenoxy) is 1. The van der Waals surface area contributed by atoms with Gasteiger partial charge >= 0.3 is 5.97 Å². The van der Waals surface area contributed by atoms with Gasteiger partial charge in [-0.25, -0.2) is 9.69 Å². The van der Waals surface area contributed by atoms with Crippen molar-refractivity contribution >= 4 is 40.6 Å². The number of hydrogen-bond donors (Lipinski definition) is 1. The molecule has 1 atom stereocenters. The van der Waals surface area contributed by atoms with Gasteiger partial charge in [0.2, 0.25) is 0 Å². The van der Waals surface area contributed by atoms with E-state index in [0.29, 0.717) is 28.3 Å². The number of amides is 2. The zero-order valence-electron chi connectivity index (χ0n) is 15.4. The molecule has 1 heterocycles. The molecular weight excluding hydrogens is 378 g/mol. The van der Waals surface area contributed by atoms with E-state index in [9.17, 15) is 14.4 Å². The number of benzene rings is 2. The third kappa shape index (κ3) is 4.26. The second-order valence-electron chi connectivity index (χ2n) is 6.27. The van der Waals surface area contributed by atoms with Crippen LogP contribution in [0, 0.1) is 6.92 Å². The quantitative estimate of drug-likeness (QED) is 0.724. The molecular formula is C21H19NO5S. The molecule has 1 aliphatic heterocycles. The molecule has 0 aliphatic carbocycles. The van der Waals surface area contributed by atoms with E-state index < -0.39 is 12.1 Å². The van der Waals surface area contributed by atoms with Crippen molar-refractivity contribution in [3.05, 3.63) is 64.6 Å². The van der Waals surface area contributed by atoms with Crippen LogP contribution in [-0.2, 0) is 9.59 Å². The number of rotatable bonds is 6. The highest BCUT2D eigenvalue weighted by Crippen LogP contribution is 2.35. The van der Waals surface area contributed by atoms with E-state index in [2.05, 4.69) is 0 Å². The van der Waals surface area contributed by atoms with Crippen molar-refractivity contribution in [3.8, 4) is 5.75 Å². The fourth-order valence-electron chi connectivity index (χ4n) is 2.65. The predicted octanol–water partition coefficient (Wildman–Crippen LogP) is 4.48. The molecule has 0 radical (unpaired) electrons. The average Bonchev–Trinajstić information content (AvgIpc) is 2.95. The summed E-state index contributed by atoms with van der Waals surface area (Å²) in [6, 6.07) is 13.9. The van der Waals surface area contributed by atoms with E-state index >= 15 is 0 Å². The predicted molar refractivity (Wildman–Crippen MR) is 108 cm³/mol. The molecule has 2 amide bonds. The average molecular weight is 397 g/mol. The molecule has 1 N–H and O–H groups in total. The van der Waals surface area contributed by atoms with E-state index in [1.165, 1.54) is 0 Å². The van der Waals surface area contributed by atoms with Gasteiger partial charge < -0.3 is 9.84 Å². The lowest BCUT2D eigenvalue weighted by atomic mass is 10.2. The molecule has 7 heteroatoms. The number of carbonyl (C=O) groups excluding carboxylic acids is 2. The van der Waals surface area contributed by atoms with E-state index in [4.69, 9.17) is 9.84 Å². The van der Waals surface area contributed by atoms with Crippen molar-refractivity contribution in [2.75, 3.05) is 4.90 Å². The Morgan fingerprint density at radius 1 is 1.14 bits per heavy atom. The zero-order chi connectivity index (χ0) is 20.3. The lowest BCUT2D eigenvalue weighted by molar-refractivity contribution is -0.145. The normalized spacial score (nSPS) is 16.5. The van der Waals surface area contributed by atoms with Gasteiger partial charge in [0.15, 0.2) is 6.10 Å². The first kappa shape index (κ1) is 19.7. The maximum absolute atomic E-state index is 12.7. The smallest absolute Gasteiger partial charge is 0.344 e. The van der Waals surface area contributed by atoms with Gasteiger partial charge in [0.25, 0.3) is 11.1 Å². The first-order valence-corrected chi connectivity index (χ1v) is 9.55. The van der Waals surface area contributed by atoms with Crippen LogP contribution in [0.4, 0.5) is 10.5 Å². The molecule has 2 aromatic rings. The highest BCUT2D eigenvalue weighted by atomic mass is 32.2. The molecule has 0 spiro atoms. The molecule has 3 rings (SSSR count). The summed E-state index contributed by atoms with van der Waals surface area (Å²) >= 11 is 0.888. The molecule has 1 fully saturated rings. The Morgan fingerprint density at radius 2 is 1.79 bits per heavy atom. The Morgan fingerprint density at radius 3 is 2.36 bits per heavy atom. The molecule has 1 aliphatic rings. The van der Waals surface area contributed by atoms with Crippen molar-refractivity contribution in [1.29, 1.82) is 0 Å². The maximum Gasteiger partial charge on any atom is 0.344 e. The minimum Gasteiger partial charge on any atom is -0.479 e. The number of anilines is 1. The number of nitrogens with zero attached hydrogens (tertiary/aromatic N) is 1. The first-order valence-electron chi connectivity index (χ1n) is 8.73. The highest BCUT2D eigenvalue weighted by Gasteiger charge is 2.36. The number of aryl methyl sites for hydroxylation is 1. The summed E-state index contributed by atoms with van der Waals surface area (Å²) in [5.41, 5.74) is 2.30. The van der Waals surface area contributed by atoms with Crippen LogP contribution in [0.25, 0.3) is 6.08 Å². The van der Waals surface area contributed by atoms with Crippen LogP contribution in [0.2, 0.25) is 0 Å². The number of imide groups is 1. The second kappa shape index (κ2) is 8.31. The lowest BCUT2D eigenvalue weighted by Crippen LogP contribution is -2.27. The van der Waals surface area contributed by atoms with Gasteiger partial charge in [-0.3, -0.25) is 9.59 Å². The summed E-state index contributed by atoms with van der Waals surface area (Å²) in [5.74, 6) is -0.952. The van der Waals surface area contributed by atoms with Crippen molar-refractivity contribution in [1.82, 2.24) is 0 Å². The van der Waals surface area contributed by atoms with Crippen LogP contribution in [0.1, 0.15) is 24.5 Å². The van der Waals surface area contributed by atoms with Crippen molar-refractivity contribution in [2.24, 2.45) is 0 Å². The topological polar surface area (TPSA) is 83.9 Å². The third-order valence-electron chi connectivity index (χ3n) is 4.19. The summed E-state index contributed by atoms with van der Waals surface area (Å²) in [5, 5.41) is 8.72. The van der Waals surface area contributed by atoms with E-state index in [-0.39, 0.29) is 11.1 Å². The summed E-state index contributed by atoms with van der Waals surface area (Å²) in [6.45, 7) is 3.67. The number of aliphatic carboxylic acids is 1. The highest BCUT2D eigenvalue weighted by molar-refractivity contribution is 8.19. The molecule has 6 nitrogen and oxygen atoms in total. The van der Waals surface area contributed by atoms with Gasteiger partial charge in [0, 0.05) is 0 Å². The molecule has 2 aromatic carbocycles. The zero-order valence-corrected chi connectivity index (χ0v) is 16.2. The van der Waals surface area contributed by atoms with Crippen molar-refractivity contribution in [3.63, 3.8) is 0 Å². The standard InChI is InChI=1S/C21H19NO5S/c1-3-17(20(24)25)27-16-10-6-14(7-11-16)12-18-19(23)22(21(26)28-18)15-8-4-13(2)5-9-15/h4-12,17H,3H2,1-2H3,(H,24,25)/b18-12+. The Kier molecular flexibility index (Phi) is 5.84. The van der Waals surface area contributed by atoms with Crippen LogP contribution in [0.5, 0.6) is 5.75 Å². The lowest BCUT2D eigenvalue weighted by Gasteiger charge is -2.13. The van der Waals surface area contributed by atoms with Gasteiger partial charge in [-0.15, -0.1) is 0 Å². The van der Waals surface area contributed by atoms with Gasteiger partial charge in [-0.1, -0.05) is 36.8 Å². The Bertz CT molecular complexity index is 934. The summed E-state index contributed by atoms with van der Waals surface area (Å²) in [7, 11) is 0. The second-order valence-corrected chi connectivity index (χ2v) is 7.27. The molecule has 1 unspecified atom stereocenters. The Balaban J connectivity index is 1.76. The summed E-state index contributed by atoms with van der Waals surface area (Å²) in [6.07, 6.45) is 1.08. The van der Waals surface area contributed by atoms with E-state index in [0.717, 1.165) is 22.2 Å². The van der Waals surface area contributed by atoms with Crippen molar-refractivity contribution < 1.29 is 24.2 Å². The Labute approximate surface area is 166 Å². The number of thioether (sulfide) groups is 1. The third-order valence-corrected chi connectivity index (χ3v) is 5.06. The van der Waals surface area contributed by atoms with Gasteiger partial charge in [0.1, 0.15) is 5.75 Å². The van der Waals surface area contributed by atoms with Gasteiger partial charge in [0.05, 0.1) is 10.6 Å². The Hall–Kier alpha value is -3.06. The fraction of sp³-hybridized carbons (Fsp3) is 0.190. The van der Waals surface area contributed by atoms with Gasteiger partial charge in [-0.2, -0.15) is 0 Å². The van der Waals surface area contributed by atoms with Crippen LogP contribution in [0.15, 0.2) is 53.4 Å². The summed E-state index contributed by atoms with van der Waals surface area (Å²) in [4.78, 5) is 37.5. The molecule has 144 valence electrons. The monoisotopic (exact) mass is 397 g/mol. The molecule has 0 saturated carbocycles. The molecule has 0 aromatic heterocycles. The maximum atomic E-state index is 12.7. The number of carboxylic acids is 1. The fourth-order valence-corrected chi connectivity index (χ4v) is 3.49. The van der Waals surface area contributed by atoms with Crippen LogP contribution in [0.3, 0.4) is 0 Å². The largest absolute Gasteiger partial charge is 0.479 e. The molecule has 1 saturated heterocycles. The molecule has 28 heavy (non-hydrogen) atoms. The van der Waals surface area contributed by atoms with Crippen LogP contribution < -0.4 is 9.64 Å². The van der Waals surface area contributed by atoms with Crippen LogP contribution >= 0.6 is 11.8 Å². The minimum atomic E-state index is -1.02. The molecule has 0 bridgehead atoms. The SMILES string of the molecule is CCC(Oc1ccc(/C=C2/SC(=O)N(c3ccc(C)cc3)C2=O)cc1)C(=O)O. The first-order chi connectivity index (χ1) is 13.4. The van der Waals surface area contributed by atoms with Crippen molar-refractivity contribution in [2.45, 2.75) is 26.4 Å². The summed E-state index contributed by atoms with van der Waals surface area (Å²) < 4.78 is 5.42. The van der Waals surface area contributed by atoms with Gasteiger partial charge in [-0.05, 0) is 61.0 Å². The number of carboxylic acid groups (broad SMARTS) is 1. The van der Waals surface area contributed by atoms with Crippen LogP contribution in [-0.4, -0.2) is 28.3 Å². The number of carbonyl (C=O) groups is 3. The van der Waals surface area contributed by atoms with E-state index in [1.54, 1.807) is 49.4 Å². The van der Waals surface area contributed by atoms with E-state index in [1.807, 2.05) is 19.1 Å². The number of hydrogen-bond acceptors (Lipinski definition) is 5. The minimum absolute atomic E-state index is 0.330.